The molecule has 9 heteroatoms. The number of hydrogen-bond donors (Lipinski definition) is 1. The molecule has 2 heterocycles. The van der Waals surface area contributed by atoms with E-state index in [1.807, 2.05) is 61.7 Å². The predicted molar refractivity (Wildman–Crippen MR) is 102 cm³/mol. The number of fused-ring (bicyclic) bond motifs is 2. The fraction of sp³-hybridized carbons (Fsp3) is 0.125. The first-order valence-electron chi connectivity index (χ1n) is 6.85. The molecule has 132 valence electrons. The van der Waals surface area contributed by atoms with Crippen LogP contribution in [0.4, 0.5) is 0 Å². The van der Waals surface area contributed by atoms with Gasteiger partial charge in [-0.2, -0.15) is 0 Å². The van der Waals surface area contributed by atoms with E-state index in [2.05, 4.69) is 22.4 Å². The zero-order chi connectivity index (χ0) is 17.4. The SMILES string of the molecule is CSSc1nc2ccccc2o1.Cc1nc2ccccc2o1.N=S.[Ar]. The first kappa shape index (κ1) is 22.4. The Balaban J connectivity index is 0.000000222. The summed E-state index contributed by atoms with van der Waals surface area (Å²) in [6.07, 6.45) is 2.00. The van der Waals surface area contributed by atoms with Gasteiger partial charge in [0.2, 0.25) is 0 Å². The van der Waals surface area contributed by atoms with Crippen molar-refractivity contribution >= 4 is 56.2 Å². The van der Waals surface area contributed by atoms with Crippen LogP contribution in [-0.4, -0.2) is 16.2 Å². The quantitative estimate of drug-likeness (QED) is 0.424. The molecular weight excluding hydrogens is 402 g/mol. The van der Waals surface area contributed by atoms with Gasteiger partial charge in [-0.1, -0.05) is 35.1 Å². The maximum atomic E-state index is 5.44. The van der Waals surface area contributed by atoms with Crippen molar-refractivity contribution in [2.75, 3.05) is 6.26 Å². The van der Waals surface area contributed by atoms with Crippen LogP contribution in [-0.2, 0) is 12.4 Å². The number of nitrogens with zero attached hydrogens (tertiary/aromatic N) is 2. The van der Waals surface area contributed by atoms with Crippen LogP contribution in [0.15, 0.2) is 62.6 Å². The molecule has 4 rings (SSSR count). The largest absolute Gasteiger partial charge is 0.441 e. The molecular formula is C16H15ArN3O2S3. The molecule has 0 aliphatic rings. The molecule has 1 N–H and O–H groups in total. The molecule has 0 aliphatic heterocycles. The second-order valence-corrected chi connectivity index (χ2v) is 6.75. The van der Waals surface area contributed by atoms with Crippen molar-refractivity contribution in [3.05, 3.63) is 54.4 Å². The Morgan fingerprint density at radius 2 is 1.40 bits per heavy atom. The third kappa shape index (κ3) is 6.54. The van der Waals surface area contributed by atoms with Crippen molar-refractivity contribution in [1.82, 2.24) is 9.97 Å². The van der Waals surface area contributed by atoms with Crippen molar-refractivity contribution in [3.8, 4) is 0 Å². The molecule has 0 radical (unpaired) electrons. The number of aromatic nitrogens is 2. The van der Waals surface area contributed by atoms with Crippen molar-refractivity contribution in [2.45, 2.75) is 12.1 Å². The van der Waals surface area contributed by atoms with Gasteiger partial charge in [-0.25, -0.2) is 14.7 Å². The average molecular weight is 417 g/mol. The van der Waals surface area contributed by atoms with Crippen molar-refractivity contribution in [2.24, 2.45) is 0 Å². The summed E-state index contributed by atoms with van der Waals surface area (Å²) in [5.74, 6) is 0.723. The number of para-hydroxylation sites is 4. The standard InChI is InChI=1S/C8H7NOS2.C8H7NO.Ar.HNS/c1-11-12-8-9-6-4-2-3-5-7(6)10-8;1-6-9-7-4-2-3-5-8(7)10-6;;1-2/h2-5H,1H3;2-5H,1H3;;1H. The Kier molecular flexibility index (Phi) is 10.6. The van der Waals surface area contributed by atoms with Crippen molar-refractivity contribution in [3.63, 3.8) is 0 Å². The Hall–Kier alpha value is -0.640. The van der Waals surface area contributed by atoms with E-state index in [0.717, 1.165) is 33.3 Å². The summed E-state index contributed by atoms with van der Waals surface area (Å²) >= 11 is 3.33. The molecule has 2 aromatic heterocycles. The molecule has 4 aromatic rings. The van der Waals surface area contributed by atoms with Gasteiger partial charge in [0.15, 0.2) is 17.1 Å². The van der Waals surface area contributed by atoms with Crippen LogP contribution >= 0.6 is 21.6 Å². The first-order valence-corrected chi connectivity index (χ1v) is 9.82. The number of benzene rings is 2. The molecule has 0 spiro atoms. The van der Waals surface area contributed by atoms with Gasteiger partial charge in [0, 0.05) is 67.9 Å². The van der Waals surface area contributed by atoms with Crippen LogP contribution in [0.3, 0.4) is 0 Å². The maximum absolute atomic E-state index is 5.44. The fourth-order valence-corrected chi connectivity index (χ4v) is 2.99. The van der Waals surface area contributed by atoms with Gasteiger partial charge in [0.05, 0.1) is 0 Å². The minimum Gasteiger partial charge on any atom is -0.441 e. The van der Waals surface area contributed by atoms with E-state index in [-0.39, 0.29) is 37.7 Å². The molecule has 0 saturated carbocycles. The van der Waals surface area contributed by atoms with E-state index in [1.54, 1.807) is 10.8 Å². The Morgan fingerprint density at radius 1 is 0.880 bits per heavy atom. The van der Waals surface area contributed by atoms with E-state index in [0.29, 0.717) is 0 Å². The summed E-state index contributed by atoms with van der Waals surface area (Å²) in [4.78, 5) is 8.42. The number of rotatable bonds is 2. The molecule has 2 aromatic carbocycles. The van der Waals surface area contributed by atoms with Crippen LogP contribution in [0.25, 0.3) is 22.2 Å². The van der Waals surface area contributed by atoms with Crippen LogP contribution in [0.2, 0.25) is 0 Å². The van der Waals surface area contributed by atoms with Crippen molar-refractivity contribution < 1.29 is 46.6 Å². The molecule has 0 saturated heterocycles. The maximum Gasteiger partial charge on any atom is 0.267 e. The summed E-state index contributed by atoms with van der Waals surface area (Å²) in [5, 5.41) is 0.726. The van der Waals surface area contributed by atoms with Gasteiger partial charge in [-0.05, 0) is 30.5 Å². The Labute approximate surface area is 188 Å². The summed E-state index contributed by atoms with van der Waals surface area (Å²) in [6.45, 7) is 1.85. The van der Waals surface area contributed by atoms with Gasteiger partial charge in [-0.3, -0.25) is 0 Å². The molecule has 0 amide bonds. The molecule has 0 aliphatic carbocycles. The zero-order valence-electron chi connectivity index (χ0n) is 13.4. The molecule has 0 fully saturated rings. The third-order valence-corrected chi connectivity index (χ3v) is 4.24. The van der Waals surface area contributed by atoms with Gasteiger partial charge in [-0.15, -0.1) is 0 Å². The van der Waals surface area contributed by atoms with Crippen LogP contribution in [0, 0.1) is 49.4 Å². The molecule has 0 bridgehead atoms. The normalized spacial score (nSPS) is 9.52. The van der Waals surface area contributed by atoms with Gasteiger partial charge < -0.3 is 8.83 Å². The molecule has 0 unspecified atom stereocenters. The van der Waals surface area contributed by atoms with Crippen LogP contribution in [0.5, 0.6) is 0 Å². The van der Waals surface area contributed by atoms with Crippen molar-refractivity contribution in [1.29, 1.82) is 4.78 Å². The topological polar surface area (TPSA) is 75.9 Å². The van der Waals surface area contributed by atoms with Crippen LogP contribution in [0.1, 0.15) is 5.89 Å². The van der Waals surface area contributed by atoms with Crippen LogP contribution < -0.4 is 0 Å². The van der Waals surface area contributed by atoms with E-state index < -0.39 is 0 Å². The monoisotopic (exact) mass is 417 g/mol. The summed E-state index contributed by atoms with van der Waals surface area (Å²) in [6, 6.07) is 15.5. The van der Waals surface area contributed by atoms with Gasteiger partial charge >= 0.3 is 0 Å². The number of hydrogen-bond acceptors (Lipinski definition) is 8. The van der Waals surface area contributed by atoms with E-state index >= 15 is 0 Å². The second-order valence-electron chi connectivity index (χ2n) is 4.40. The van der Waals surface area contributed by atoms with Gasteiger partial charge in [0.25, 0.3) is 5.22 Å². The van der Waals surface area contributed by atoms with E-state index in [1.165, 1.54) is 10.8 Å². The third-order valence-electron chi connectivity index (χ3n) is 2.83. The van der Waals surface area contributed by atoms with E-state index in [9.17, 15) is 0 Å². The number of aryl methyl sites for hydroxylation is 1. The predicted octanol–water partition coefficient (Wildman–Crippen LogP) is 5.63. The second kappa shape index (κ2) is 11.9. The fourth-order valence-electron chi connectivity index (χ4n) is 1.95. The molecule has 0 atom stereocenters. The Bertz CT molecular complexity index is 848. The summed E-state index contributed by atoms with van der Waals surface area (Å²) in [5.41, 5.74) is 3.57. The number of oxazole rings is 2. The van der Waals surface area contributed by atoms with E-state index in [4.69, 9.17) is 13.6 Å². The summed E-state index contributed by atoms with van der Waals surface area (Å²) < 4.78 is 16.0. The minimum atomic E-state index is 0. The summed E-state index contributed by atoms with van der Waals surface area (Å²) in [7, 11) is 3.17. The average Bonchev–Trinajstić information content (AvgIpc) is 3.19. The minimum absolute atomic E-state index is 0. The smallest absolute Gasteiger partial charge is 0.267 e. The first-order chi connectivity index (χ1) is 11.8. The molecule has 5 nitrogen and oxygen atoms in total. The Morgan fingerprint density at radius 3 is 1.92 bits per heavy atom. The van der Waals surface area contributed by atoms with Gasteiger partial charge in [0.1, 0.15) is 11.0 Å². The number of nitrogens with one attached hydrogen (secondary N) is 1. The molecule has 25 heavy (non-hydrogen) atoms. The zero-order valence-corrected chi connectivity index (χ0v) is 16.6.